The Balaban J connectivity index is 1.66. The van der Waals surface area contributed by atoms with Gasteiger partial charge < -0.3 is 4.74 Å². The predicted octanol–water partition coefficient (Wildman–Crippen LogP) is 3.48. The lowest BCUT2D eigenvalue weighted by Gasteiger charge is -2.06. The van der Waals surface area contributed by atoms with E-state index < -0.39 is 5.97 Å². The Labute approximate surface area is 155 Å². The number of aromatic nitrogens is 2. The first-order valence-electron chi connectivity index (χ1n) is 8.04. The molecule has 2 heterocycles. The van der Waals surface area contributed by atoms with Gasteiger partial charge in [-0.1, -0.05) is 18.2 Å². The third-order valence-corrected chi connectivity index (χ3v) is 4.57. The summed E-state index contributed by atoms with van der Waals surface area (Å²) < 4.78 is 6.71. The van der Waals surface area contributed by atoms with E-state index >= 15 is 0 Å². The van der Waals surface area contributed by atoms with E-state index in [1.807, 2.05) is 49.6 Å². The fourth-order valence-corrected chi connectivity index (χ4v) is 2.92. The van der Waals surface area contributed by atoms with Crippen LogP contribution in [0.25, 0.3) is 11.7 Å². The summed E-state index contributed by atoms with van der Waals surface area (Å²) in [5.41, 5.74) is 2.49. The van der Waals surface area contributed by atoms with E-state index in [0.29, 0.717) is 11.3 Å². The van der Waals surface area contributed by atoms with Crippen LogP contribution in [0.1, 0.15) is 17.0 Å². The van der Waals surface area contributed by atoms with Crippen LogP contribution in [0.2, 0.25) is 0 Å². The molecule has 0 radical (unpaired) electrons. The summed E-state index contributed by atoms with van der Waals surface area (Å²) in [4.78, 5) is 29.6. The van der Waals surface area contributed by atoms with Crippen LogP contribution in [-0.2, 0) is 16.1 Å². The predicted molar refractivity (Wildman–Crippen MR) is 103 cm³/mol. The molecule has 0 saturated carbocycles. The van der Waals surface area contributed by atoms with Gasteiger partial charge in [-0.15, -0.1) is 11.8 Å². The highest BCUT2D eigenvalue weighted by molar-refractivity contribution is 7.98. The van der Waals surface area contributed by atoms with Crippen molar-refractivity contribution >= 4 is 29.5 Å². The van der Waals surface area contributed by atoms with Crippen LogP contribution in [0.15, 0.2) is 64.3 Å². The molecule has 0 N–H and O–H groups in total. The monoisotopic (exact) mass is 366 g/mol. The summed E-state index contributed by atoms with van der Waals surface area (Å²) in [7, 11) is 0. The quantitative estimate of drug-likeness (QED) is 0.393. The molecule has 0 saturated heterocycles. The average Bonchev–Trinajstić information content (AvgIpc) is 2.65. The largest absolute Gasteiger partial charge is 0.456 e. The topological polar surface area (TPSA) is 60.7 Å². The number of nitrogens with zero attached hydrogens (tertiary/aromatic N) is 2. The van der Waals surface area contributed by atoms with Crippen LogP contribution in [0.3, 0.4) is 0 Å². The first-order valence-corrected chi connectivity index (χ1v) is 9.26. The highest BCUT2D eigenvalue weighted by atomic mass is 32.2. The molecule has 6 heteroatoms. The van der Waals surface area contributed by atoms with Crippen molar-refractivity contribution in [3.05, 3.63) is 81.9 Å². The Kier molecular flexibility index (Phi) is 5.53. The van der Waals surface area contributed by atoms with E-state index in [1.54, 1.807) is 23.9 Å². The summed E-state index contributed by atoms with van der Waals surface area (Å²) in [5.74, 6) is -0.481. The van der Waals surface area contributed by atoms with E-state index in [-0.39, 0.29) is 12.2 Å². The number of rotatable bonds is 5. The molecule has 0 unspecified atom stereocenters. The average molecular weight is 366 g/mol. The molecule has 0 amide bonds. The highest BCUT2D eigenvalue weighted by Crippen LogP contribution is 2.15. The second kappa shape index (κ2) is 8.01. The Morgan fingerprint density at radius 3 is 2.73 bits per heavy atom. The van der Waals surface area contributed by atoms with Crippen LogP contribution < -0.4 is 5.56 Å². The molecule has 3 aromatic rings. The molecule has 1 aromatic carbocycles. The second-order valence-electron chi connectivity index (χ2n) is 5.66. The van der Waals surface area contributed by atoms with Crippen LogP contribution >= 0.6 is 11.8 Å². The molecule has 26 heavy (non-hydrogen) atoms. The summed E-state index contributed by atoms with van der Waals surface area (Å²) in [6, 6.07) is 14.7. The lowest BCUT2D eigenvalue weighted by atomic mass is 10.2. The standard InChI is InChI=1S/C20H18N2O3S/c1-14-4-3-5-18-21-16(12-19(23)22(14)18)13-25-20(24)11-8-15-6-9-17(26-2)10-7-15/h3-12H,13H2,1-2H3/b11-8+. The minimum atomic E-state index is -0.481. The Hall–Kier alpha value is -2.86. The Bertz CT molecular complexity index is 1020. The zero-order valence-electron chi connectivity index (χ0n) is 14.5. The third kappa shape index (κ3) is 4.21. The van der Waals surface area contributed by atoms with E-state index in [1.165, 1.54) is 16.5 Å². The van der Waals surface area contributed by atoms with Gasteiger partial charge in [0.1, 0.15) is 12.3 Å². The minimum Gasteiger partial charge on any atom is -0.456 e. The van der Waals surface area contributed by atoms with Crippen molar-refractivity contribution in [2.75, 3.05) is 6.26 Å². The van der Waals surface area contributed by atoms with Crippen LogP contribution in [0.5, 0.6) is 0 Å². The normalized spacial score (nSPS) is 11.2. The maximum atomic E-state index is 12.2. The number of hydrogen-bond acceptors (Lipinski definition) is 5. The fraction of sp³-hybridized carbons (Fsp3) is 0.150. The molecular weight excluding hydrogens is 348 g/mol. The van der Waals surface area contributed by atoms with Crippen molar-refractivity contribution in [2.45, 2.75) is 18.4 Å². The number of carbonyl (C=O) groups excluding carboxylic acids is 1. The number of hydrogen-bond donors (Lipinski definition) is 0. The summed E-state index contributed by atoms with van der Waals surface area (Å²) in [6.45, 7) is 1.79. The molecule has 0 fully saturated rings. The number of carbonyl (C=O) groups is 1. The van der Waals surface area contributed by atoms with Crippen molar-refractivity contribution in [3.8, 4) is 0 Å². The highest BCUT2D eigenvalue weighted by Gasteiger charge is 2.06. The van der Waals surface area contributed by atoms with E-state index in [9.17, 15) is 9.59 Å². The van der Waals surface area contributed by atoms with Gasteiger partial charge in [0, 0.05) is 22.7 Å². The molecule has 0 aliphatic rings. The lowest BCUT2D eigenvalue weighted by molar-refractivity contribution is -0.139. The summed E-state index contributed by atoms with van der Waals surface area (Å²) in [5, 5.41) is 0. The van der Waals surface area contributed by atoms with E-state index in [4.69, 9.17) is 4.74 Å². The summed E-state index contributed by atoms with van der Waals surface area (Å²) >= 11 is 1.66. The Morgan fingerprint density at radius 1 is 1.23 bits per heavy atom. The molecule has 5 nitrogen and oxygen atoms in total. The maximum Gasteiger partial charge on any atom is 0.331 e. The molecular formula is C20H18N2O3S. The minimum absolute atomic E-state index is 0.0474. The third-order valence-electron chi connectivity index (χ3n) is 3.82. The smallest absolute Gasteiger partial charge is 0.331 e. The zero-order valence-corrected chi connectivity index (χ0v) is 15.3. The van der Waals surface area contributed by atoms with Crippen molar-refractivity contribution in [1.82, 2.24) is 9.38 Å². The van der Waals surface area contributed by atoms with Crippen molar-refractivity contribution < 1.29 is 9.53 Å². The SMILES string of the molecule is CSc1ccc(/C=C/C(=O)OCc2cc(=O)n3c(C)cccc3n2)cc1. The second-order valence-corrected chi connectivity index (χ2v) is 6.54. The van der Waals surface area contributed by atoms with Crippen LogP contribution in [-0.4, -0.2) is 21.6 Å². The van der Waals surface area contributed by atoms with E-state index in [0.717, 1.165) is 16.2 Å². The number of pyridine rings is 1. The maximum absolute atomic E-state index is 12.2. The molecule has 2 aromatic heterocycles. The molecule has 132 valence electrons. The lowest BCUT2D eigenvalue weighted by Crippen LogP contribution is -2.18. The number of fused-ring (bicyclic) bond motifs is 1. The zero-order chi connectivity index (χ0) is 18.5. The van der Waals surface area contributed by atoms with Crippen LogP contribution in [0, 0.1) is 6.92 Å². The van der Waals surface area contributed by atoms with Crippen molar-refractivity contribution in [2.24, 2.45) is 0 Å². The van der Waals surface area contributed by atoms with Gasteiger partial charge in [-0.25, -0.2) is 9.78 Å². The number of benzene rings is 1. The van der Waals surface area contributed by atoms with Gasteiger partial charge >= 0.3 is 5.97 Å². The molecule has 0 aliphatic carbocycles. The van der Waals surface area contributed by atoms with Gasteiger partial charge in [-0.05, 0) is 49.1 Å². The van der Waals surface area contributed by atoms with Gasteiger partial charge in [-0.2, -0.15) is 0 Å². The number of aryl methyl sites for hydroxylation is 1. The number of thioether (sulfide) groups is 1. The molecule has 0 bridgehead atoms. The van der Waals surface area contributed by atoms with Crippen molar-refractivity contribution in [1.29, 1.82) is 0 Å². The molecule has 3 rings (SSSR count). The van der Waals surface area contributed by atoms with Gasteiger partial charge in [0.25, 0.3) is 5.56 Å². The number of esters is 1. The van der Waals surface area contributed by atoms with Gasteiger partial charge in [0.15, 0.2) is 0 Å². The van der Waals surface area contributed by atoms with E-state index in [2.05, 4.69) is 4.98 Å². The van der Waals surface area contributed by atoms with Gasteiger partial charge in [-0.3, -0.25) is 9.20 Å². The first kappa shape index (κ1) is 17.9. The molecule has 0 spiro atoms. The Morgan fingerprint density at radius 2 is 2.00 bits per heavy atom. The van der Waals surface area contributed by atoms with Gasteiger partial charge in [0.05, 0.1) is 5.69 Å². The summed E-state index contributed by atoms with van der Waals surface area (Å²) in [6.07, 6.45) is 5.07. The number of ether oxygens (including phenoxy) is 1. The van der Waals surface area contributed by atoms with Crippen LogP contribution in [0.4, 0.5) is 0 Å². The molecule has 0 atom stereocenters. The van der Waals surface area contributed by atoms with Crippen molar-refractivity contribution in [3.63, 3.8) is 0 Å². The molecule has 0 aliphatic heterocycles. The fourth-order valence-electron chi connectivity index (χ4n) is 2.51. The first-order chi connectivity index (χ1) is 12.6. The van der Waals surface area contributed by atoms with Gasteiger partial charge in [0.2, 0.25) is 0 Å².